The molecule has 1 amide bonds. The van der Waals surface area contributed by atoms with Gasteiger partial charge in [0, 0.05) is 26.6 Å². The maximum absolute atomic E-state index is 13.2. The van der Waals surface area contributed by atoms with Crippen LogP contribution in [-0.2, 0) is 4.79 Å². The van der Waals surface area contributed by atoms with Gasteiger partial charge in [-0.3, -0.25) is 9.59 Å². The van der Waals surface area contributed by atoms with E-state index < -0.39 is 0 Å². The standard InChI is InChI=1S/C21H12Br2N4O2S/c1-2-9-26-15-8-7-13(23)10-14(15)16(19(26)28)17-20(29)27-21(30-17)24-18(25-27)11-3-5-12(22)6-4-11/h2-8,10H,1,9H2. The van der Waals surface area contributed by atoms with Crippen molar-refractivity contribution in [1.29, 1.82) is 0 Å². The average Bonchev–Trinajstić information content (AvgIpc) is 3.35. The maximum atomic E-state index is 13.2. The van der Waals surface area contributed by atoms with Crippen LogP contribution in [0.2, 0.25) is 0 Å². The molecule has 0 fully saturated rings. The van der Waals surface area contributed by atoms with Crippen LogP contribution in [0.25, 0.3) is 21.9 Å². The summed E-state index contributed by atoms with van der Waals surface area (Å²) in [6.07, 6.45) is 1.66. The van der Waals surface area contributed by atoms with Crippen molar-refractivity contribution < 1.29 is 4.79 Å². The monoisotopic (exact) mass is 542 g/mol. The third kappa shape index (κ3) is 2.96. The first-order valence-electron chi connectivity index (χ1n) is 8.90. The first-order chi connectivity index (χ1) is 14.5. The summed E-state index contributed by atoms with van der Waals surface area (Å²) in [5, 5.41) is 4.38. The summed E-state index contributed by atoms with van der Waals surface area (Å²) in [6.45, 7) is 4.10. The molecule has 6 nitrogen and oxygen atoms in total. The molecule has 0 unspecified atom stereocenters. The second-order valence-electron chi connectivity index (χ2n) is 6.61. The van der Waals surface area contributed by atoms with Crippen LogP contribution >= 0.6 is 43.2 Å². The largest absolute Gasteiger partial charge is 0.304 e. The third-order valence-corrected chi connectivity index (χ3v) is 6.83. The van der Waals surface area contributed by atoms with Crippen LogP contribution in [-0.4, -0.2) is 27.0 Å². The summed E-state index contributed by atoms with van der Waals surface area (Å²) in [5.74, 6) is 0.245. The number of halogens is 2. The van der Waals surface area contributed by atoms with Gasteiger partial charge in [0.05, 0.1) is 11.3 Å². The lowest BCUT2D eigenvalue weighted by atomic mass is 10.1. The van der Waals surface area contributed by atoms with Gasteiger partial charge in [-0.1, -0.05) is 61.4 Å². The molecule has 9 heteroatoms. The van der Waals surface area contributed by atoms with E-state index in [0.29, 0.717) is 33.0 Å². The van der Waals surface area contributed by atoms with Gasteiger partial charge in [0.25, 0.3) is 11.5 Å². The Bertz CT molecular complexity index is 1460. The van der Waals surface area contributed by atoms with E-state index in [2.05, 4.69) is 48.5 Å². The topological polar surface area (TPSA) is 67.6 Å². The molecule has 3 heterocycles. The summed E-state index contributed by atoms with van der Waals surface area (Å²) in [4.78, 5) is 32.9. The van der Waals surface area contributed by atoms with Crippen molar-refractivity contribution in [3.05, 3.63) is 84.5 Å². The van der Waals surface area contributed by atoms with E-state index in [-0.39, 0.29) is 11.5 Å². The molecule has 0 atom stereocenters. The molecular weight excluding hydrogens is 532 g/mol. The van der Waals surface area contributed by atoms with Crippen LogP contribution in [0.4, 0.5) is 5.69 Å². The first kappa shape index (κ1) is 19.3. The Kier molecular flexibility index (Phi) is 4.68. The van der Waals surface area contributed by atoms with Gasteiger partial charge in [-0.25, -0.2) is 0 Å². The Morgan fingerprint density at radius 1 is 1.07 bits per heavy atom. The second-order valence-corrected chi connectivity index (χ2v) is 9.42. The Hall–Kier alpha value is -2.62. The third-order valence-electron chi connectivity index (χ3n) is 4.78. The molecule has 2 aromatic heterocycles. The van der Waals surface area contributed by atoms with Crippen molar-refractivity contribution in [3.8, 4) is 11.4 Å². The molecule has 0 N–H and O–H groups in total. The van der Waals surface area contributed by atoms with Crippen molar-refractivity contribution in [2.24, 2.45) is 0 Å². The molecule has 5 rings (SSSR count). The van der Waals surface area contributed by atoms with Gasteiger partial charge in [-0.2, -0.15) is 9.50 Å². The van der Waals surface area contributed by atoms with E-state index in [1.54, 1.807) is 11.0 Å². The molecule has 30 heavy (non-hydrogen) atoms. The highest BCUT2D eigenvalue weighted by Crippen LogP contribution is 2.37. The van der Waals surface area contributed by atoms with Crippen molar-refractivity contribution in [2.45, 2.75) is 0 Å². The minimum atomic E-state index is -0.347. The zero-order chi connectivity index (χ0) is 21.0. The number of rotatable bonds is 3. The molecule has 1 aliphatic rings. The van der Waals surface area contributed by atoms with Crippen molar-refractivity contribution in [3.63, 3.8) is 0 Å². The molecule has 0 saturated carbocycles. The number of nitrogens with zero attached hydrogens (tertiary/aromatic N) is 4. The Balaban J connectivity index is 1.73. The molecular formula is C21H12Br2N4O2S. The van der Waals surface area contributed by atoms with E-state index in [4.69, 9.17) is 0 Å². The number of hydrogen-bond donors (Lipinski definition) is 0. The second kappa shape index (κ2) is 7.26. The van der Waals surface area contributed by atoms with Crippen LogP contribution in [0, 0.1) is 0 Å². The first-order valence-corrected chi connectivity index (χ1v) is 11.3. The zero-order valence-electron chi connectivity index (χ0n) is 15.3. The highest BCUT2D eigenvalue weighted by molar-refractivity contribution is 9.10. The fourth-order valence-electron chi connectivity index (χ4n) is 3.44. The smallest absolute Gasteiger partial charge is 0.291 e. The molecule has 1 aliphatic heterocycles. The molecule has 4 aromatic rings. The molecule has 0 saturated heterocycles. The van der Waals surface area contributed by atoms with Gasteiger partial charge in [-0.05, 0) is 30.3 Å². The molecule has 0 spiro atoms. The van der Waals surface area contributed by atoms with Gasteiger partial charge >= 0.3 is 0 Å². The fraction of sp³-hybridized carbons (Fsp3) is 0.0476. The highest BCUT2D eigenvalue weighted by Gasteiger charge is 2.34. The lowest BCUT2D eigenvalue weighted by molar-refractivity contribution is -0.112. The minimum Gasteiger partial charge on any atom is -0.304 e. The van der Waals surface area contributed by atoms with E-state index in [1.165, 1.54) is 15.9 Å². The van der Waals surface area contributed by atoms with Crippen LogP contribution in [0.3, 0.4) is 0 Å². The van der Waals surface area contributed by atoms with Gasteiger partial charge in [0.1, 0.15) is 4.53 Å². The Labute approximate surface area is 191 Å². The van der Waals surface area contributed by atoms with Gasteiger partial charge in [-0.15, -0.1) is 11.7 Å². The number of fused-ring (bicyclic) bond motifs is 2. The zero-order valence-corrected chi connectivity index (χ0v) is 19.3. The van der Waals surface area contributed by atoms with E-state index in [1.807, 2.05) is 42.5 Å². The number of benzene rings is 2. The molecule has 0 radical (unpaired) electrons. The van der Waals surface area contributed by atoms with E-state index in [0.717, 1.165) is 20.2 Å². The molecule has 2 aromatic carbocycles. The van der Waals surface area contributed by atoms with Gasteiger partial charge < -0.3 is 4.90 Å². The summed E-state index contributed by atoms with van der Waals surface area (Å²) in [5.41, 5.74) is 2.31. The summed E-state index contributed by atoms with van der Waals surface area (Å²) in [6, 6.07) is 13.1. The lowest BCUT2D eigenvalue weighted by Gasteiger charge is -2.14. The number of carbonyl (C=O) groups excluding carboxylic acids is 1. The van der Waals surface area contributed by atoms with E-state index >= 15 is 0 Å². The maximum Gasteiger partial charge on any atom is 0.291 e. The van der Waals surface area contributed by atoms with Crippen molar-refractivity contribution >= 4 is 65.3 Å². The van der Waals surface area contributed by atoms with Crippen LogP contribution < -0.4 is 15.0 Å². The lowest BCUT2D eigenvalue weighted by Crippen LogP contribution is -2.32. The Morgan fingerprint density at radius 2 is 1.80 bits per heavy atom. The number of hydrogen-bond acceptors (Lipinski definition) is 5. The molecule has 148 valence electrons. The van der Waals surface area contributed by atoms with Crippen LogP contribution in [0.15, 0.2) is 68.9 Å². The summed E-state index contributed by atoms with van der Waals surface area (Å²) < 4.78 is 3.38. The number of thiazole rings is 1. The summed E-state index contributed by atoms with van der Waals surface area (Å²) >= 11 is 8.04. The van der Waals surface area contributed by atoms with E-state index in [9.17, 15) is 9.59 Å². The van der Waals surface area contributed by atoms with Crippen LogP contribution in [0.1, 0.15) is 5.56 Å². The van der Waals surface area contributed by atoms with Gasteiger partial charge in [0.2, 0.25) is 4.96 Å². The predicted octanol–water partition coefficient (Wildman–Crippen LogP) is 3.79. The minimum absolute atomic E-state index is 0.224. The molecule has 0 aliphatic carbocycles. The van der Waals surface area contributed by atoms with Crippen LogP contribution in [0.5, 0.6) is 0 Å². The summed E-state index contributed by atoms with van der Waals surface area (Å²) in [7, 11) is 0. The van der Waals surface area contributed by atoms with Crippen molar-refractivity contribution in [1.82, 2.24) is 14.6 Å². The van der Waals surface area contributed by atoms with Gasteiger partial charge in [0.15, 0.2) is 5.82 Å². The Morgan fingerprint density at radius 3 is 2.50 bits per heavy atom. The number of carbonyl (C=O) groups is 1. The number of aromatic nitrogens is 3. The normalized spacial score (nSPS) is 15.1. The molecule has 0 bridgehead atoms. The highest BCUT2D eigenvalue weighted by atomic mass is 79.9. The number of anilines is 1. The number of amides is 1. The fourth-order valence-corrected chi connectivity index (χ4v) is 5.06. The predicted molar refractivity (Wildman–Crippen MR) is 125 cm³/mol. The van der Waals surface area contributed by atoms with Crippen molar-refractivity contribution in [2.75, 3.05) is 11.4 Å². The quantitative estimate of drug-likeness (QED) is 0.369. The average molecular weight is 544 g/mol. The SMILES string of the molecule is C=CCN1C(=O)C(=c2sc3nc(-c4ccc(Br)cc4)nn3c2=O)c2cc(Br)ccc21.